The summed E-state index contributed by atoms with van der Waals surface area (Å²) in [6, 6.07) is 1.85. The maximum absolute atomic E-state index is 11.9. The van der Waals surface area contributed by atoms with E-state index in [0.717, 1.165) is 11.1 Å². The quantitative estimate of drug-likeness (QED) is 0.342. The number of phenols is 1. The first kappa shape index (κ1) is 19.5. The van der Waals surface area contributed by atoms with E-state index in [-0.39, 0.29) is 11.5 Å². The minimum atomic E-state index is -0.249. The van der Waals surface area contributed by atoms with Gasteiger partial charge in [-0.25, -0.2) is 0 Å². The van der Waals surface area contributed by atoms with Crippen molar-refractivity contribution in [3.05, 3.63) is 47.1 Å². The molecule has 0 atom stereocenters. The fourth-order valence-corrected chi connectivity index (χ4v) is 2.26. The molecule has 0 unspecified atom stereocenters. The van der Waals surface area contributed by atoms with Gasteiger partial charge in [0.15, 0.2) is 5.78 Å². The zero-order valence-electron chi connectivity index (χ0n) is 13.7. The summed E-state index contributed by atoms with van der Waals surface area (Å²) in [5.41, 5.74) is 3.00. The Kier molecular flexibility index (Phi) is 8.79. The smallest absolute Gasteiger partial charge is 0.189 e. The molecule has 3 heteroatoms. The number of rotatable bonds is 5. The minimum Gasteiger partial charge on any atom is -0.507 e. The van der Waals surface area contributed by atoms with Crippen LogP contribution in [0.25, 0.3) is 0 Å². The number of ketones is 1. The Bertz CT molecular complexity index is 539. The molecule has 1 N–H and O–H groups in total. The second-order valence-electron chi connectivity index (χ2n) is 4.66. The van der Waals surface area contributed by atoms with Crippen LogP contribution in [0, 0.1) is 0 Å². The number of hydrogen-bond donors (Lipinski definition) is 2. The van der Waals surface area contributed by atoms with Crippen LogP contribution < -0.4 is 0 Å². The lowest BCUT2D eigenvalue weighted by Crippen LogP contribution is -2.04. The first-order valence-corrected chi connectivity index (χ1v) is 7.73. The molecule has 116 valence electrons. The molecule has 0 radical (unpaired) electrons. The average Bonchev–Trinajstić information content (AvgIpc) is 2.47. The lowest BCUT2D eigenvalue weighted by molar-refractivity contribution is 0.104. The lowest BCUT2D eigenvalue weighted by atomic mass is 9.95. The van der Waals surface area contributed by atoms with Crippen molar-refractivity contribution in [3.63, 3.8) is 0 Å². The van der Waals surface area contributed by atoms with Crippen molar-refractivity contribution in [2.45, 2.75) is 52.4 Å². The number of allylic oxidation sites excluding steroid dienone is 3. The molecule has 1 rings (SSSR count). The van der Waals surface area contributed by atoms with Crippen LogP contribution in [0.15, 0.2) is 35.3 Å². The topological polar surface area (TPSA) is 37.3 Å². The van der Waals surface area contributed by atoms with E-state index in [0.29, 0.717) is 28.9 Å². The van der Waals surface area contributed by atoms with E-state index >= 15 is 0 Å². The van der Waals surface area contributed by atoms with Crippen molar-refractivity contribution in [2.75, 3.05) is 0 Å². The predicted molar refractivity (Wildman–Crippen MR) is 93.7 cm³/mol. The second-order valence-corrected chi connectivity index (χ2v) is 5.15. The van der Waals surface area contributed by atoms with E-state index < -0.39 is 0 Å². The maximum atomic E-state index is 11.9. The summed E-state index contributed by atoms with van der Waals surface area (Å²) in [5.74, 6) is -0.215. The number of thiol groups is 1. The van der Waals surface area contributed by atoms with Gasteiger partial charge in [0.1, 0.15) is 5.75 Å². The number of phenolic OH excluding ortho intramolecular Hbond substituents is 1. The number of aromatic hydroxyl groups is 1. The Morgan fingerprint density at radius 3 is 2.38 bits per heavy atom. The molecular formula is C18H26O2S. The average molecular weight is 306 g/mol. The highest BCUT2D eigenvalue weighted by molar-refractivity contribution is 7.80. The Hall–Kier alpha value is -1.48. The van der Waals surface area contributed by atoms with Crippen LogP contribution in [0.3, 0.4) is 0 Å². The fourth-order valence-electron chi connectivity index (χ4n) is 1.91. The lowest BCUT2D eigenvalue weighted by Gasteiger charge is -2.14. The van der Waals surface area contributed by atoms with Gasteiger partial charge in [0.25, 0.3) is 0 Å². The molecule has 0 aromatic heterocycles. The zero-order valence-corrected chi connectivity index (χ0v) is 14.6. The van der Waals surface area contributed by atoms with Gasteiger partial charge in [-0.1, -0.05) is 39.0 Å². The van der Waals surface area contributed by atoms with Gasteiger partial charge in [0, 0.05) is 10.5 Å². The standard InChI is InChI=1S/C16H20O2S.C2H6/c1-5-11-9-14(19)12(8-7-10(3)4)16(18)15(11)13(17)6-2;1-2/h6-7,9,18-19H,2,5,8H2,1,3-4H3;1-2H3. The minimum absolute atomic E-state index is 0.0340. The second kappa shape index (κ2) is 9.46. The molecule has 0 saturated heterocycles. The van der Waals surface area contributed by atoms with E-state index in [9.17, 15) is 9.90 Å². The third-order valence-electron chi connectivity index (χ3n) is 2.99. The van der Waals surface area contributed by atoms with Crippen molar-refractivity contribution in [2.24, 2.45) is 0 Å². The van der Waals surface area contributed by atoms with Gasteiger partial charge in [-0.2, -0.15) is 0 Å². The number of hydrogen-bond acceptors (Lipinski definition) is 3. The molecule has 2 nitrogen and oxygen atoms in total. The first-order valence-electron chi connectivity index (χ1n) is 7.29. The van der Waals surface area contributed by atoms with E-state index in [4.69, 9.17) is 0 Å². The number of benzene rings is 1. The number of carbonyl (C=O) groups excluding carboxylic acids is 1. The van der Waals surface area contributed by atoms with E-state index in [1.165, 1.54) is 6.08 Å². The zero-order chi connectivity index (χ0) is 16.6. The molecule has 1 aromatic carbocycles. The van der Waals surface area contributed by atoms with Gasteiger partial charge in [-0.05, 0) is 44.4 Å². The molecule has 0 aliphatic rings. The molecule has 0 amide bonds. The Morgan fingerprint density at radius 2 is 1.95 bits per heavy atom. The summed E-state index contributed by atoms with van der Waals surface area (Å²) in [7, 11) is 0. The summed E-state index contributed by atoms with van der Waals surface area (Å²) in [5, 5.41) is 10.3. The van der Waals surface area contributed by atoms with E-state index in [1.54, 1.807) is 0 Å². The van der Waals surface area contributed by atoms with Gasteiger partial charge >= 0.3 is 0 Å². The summed E-state index contributed by atoms with van der Waals surface area (Å²) in [6.45, 7) is 13.4. The maximum Gasteiger partial charge on any atom is 0.189 e. The van der Waals surface area contributed by atoms with Crippen LogP contribution in [0.2, 0.25) is 0 Å². The molecule has 1 aromatic rings. The molecule has 0 heterocycles. The molecule has 0 fully saturated rings. The van der Waals surface area contributed by atoms with Gasteiger partial charge in [0.2, 0.25) is 0 Å². The fraction of sp³-hybridized carbons (Fsp3) is 0.389. The predicted octanol–water partition coefficient (Wildman–Crippen LogP) is 5.15. The van der Waals surface area contributed by atoms with Gasteiger partial charge in [-0.3, -0.25) is 4.79 Å². The summed E-state index contributed by atoms with van der Waals surface area (Å²) in [6.07, 6.45) is 4.47. The van der Waals surface area contributed by atoms with Crippen LogP contribution >= 0.6 is 12.6 Å². The molecule has 0 aliphatic heterocycles. The highest BCUT2D eigenvalue weighted by Gasteiger charge is 2.18. The third kappa shape index (κ3) is 5.09. The molecule has 21 heavy (non-hydrogen) atoms. The number of aryl methyl sites for hydroxylation is 1. The van der Waals surface area contributed by atoms with Crippen LogP contribution in [0.1, 0.15) is 56.1 Å². The molecule has 0 saturated carbocycles. The number of carbonyl (C=O) groups is 1. The normalized spacial score (nSPS) is 9.43. The van der Waals surface area contributed by atoms with Crippen molar-refractivity contribution < 1.29 is 9.90 Å². The molecular weight excluding hydrogens is 280 g/mol. The molecule has 0 bridgehead atoms. The van der Waals surface area contributed by atoms with Crippen molar-refractivity contribution >= 4 is 18.4 Å². The monoisotopic (exact) mass is 306 g/mol. The Balaban J connectivity index is 0.00000191. The largest absolute Gasteiger partial charge is 0.507 e. The summed E-state index contributed by atoms with van der Waals surface area (Å²) >= 11 is 4.41. The van der Waals surface area contributed by atoms with Gasteiger partial charge < -0.3 is 5.11 Å². The van der Waals surface area contributed by atoms with E-state index in [2.05, 4.69) is 19.2 Å². The molecule has 0 spiro atoms. The highest BCUT2D eigenvalue weighted by Crippen LogP contribution is 2.33. The van der Waals surface area contributed by atoms with Crippen LogP contribution in [-0.4, -0.2) is 10.9 Å². The van der Waals surface area contributed by atoms with Crippen LogP contribution in [0.4, 0.5) is 0 Å². The summed E-state index contributed by atoms with van der Waals surface area (Å²) < 4.78 is 0. The van der Waals surface area contributed by atoms with Crippen molar-refractivity contribution in [1.82, 2.24) is 0 Å². The van der Waals surface area contributed by atoms with Crippen LogP contribution in [0.5, 0.6) is 5.75 Å². The van der Waals surface area contributed by atoms with Gasteiger partial charge in [-0.15, -0.1) is 12.6 Å². The highest BCUT2D eigenvalue weighted by atomic mass is 32.1. The third-order valence-corrected chi connectivity index (χ3v) is 3.39. The Labute approximate surface area is 134 Å². The van der Waals surface area contributed by atoms with Crippen molar-refractivity contribution in [1.29, 1.82) is 0 Å². The summed E-state index contributed by atoms with van der Waals surface area (Å²) in [4.78, 5) is 12.6. The van der Waals surface area contributed by atoms with Crippen LogP contribution in [-0.2, 0) is 12.8 Å². The molecule has 0 aliphatic carbocycles. The SMILES string of the molecule is C=CC(=O)c1c(CC)cc(S)c(CC=C(C)C)c1O.CC. The van der Waals surface area contributed by atoms with E-state index in [1.807, 2.05) is 46.8 Å². The van der Waals surface area contributed by atoms with Crippen molar-refractivity contribution in [3.8, 4) is 5.75 Å². The Morgan fingerprint density at radius 1 is 1.38 bits per heavy atom. The first-order chi connectivity index (χ1) is 9.92. The van der Waals surface area contributed by atoms with Gasteiger partial charge in [0.05, 0.1) is 5.56 Å².